The zero-order valence-electron chi connectivity index (χ0n) is 27.5. The van der Waals surface area contributed by atoms with Crippen LogP contribution < -0.4 is 0 Å². The Labute approximate surface area is 312 Å². The summed E-state index contributed by atoms with van der Waals surface area (Å²) in [5.41, 5.74) is 10.6. The summed E-state index contributed by atoms with van der Waals surface area (Å²) in [6, 6.07) is 43.2. The molecule has 0 bridgehead atoms. The van der Waals surface area contributed by atoms with Crippen molar-refractivity contribution in [1.82, 2.24) is 14.5 Å². The molecule has 0 aliphatic rings. The Morgan fingerprint density at radius 3 is 2.28 bits per heavy atom. The smallest absolute Gasteiger partial charge is 0.149 e. The van der Waals surface area contributed by atoms with Gasteiger partial charge in [0.15, 0.2) is 0 Å². The molecule has 0 aliphatic heterocycles. The summed E-state index contributed by atoms with van der Waals surface area (Å²) in [4.78, 5) is 12.5. The Morgan fingerprint density at radius 2 is 1.46 bits per heavy atom. The second kappa shape index (κ2) is 12.8. The Kier molecular flexibility index (Phi) is 8.27. The van der Waals surface area contributed by atoms with Crippen LogP contribution in [-0.2, 0) is 21.1 Å². The van der Waals surface area contributed by atoms with Crippen LogP contribution >= 0.6 is 22.7 Å². The normalized spacial score (nSPS) is 11.4. The van der Waals surface area contributed by atoms with Gasteiger partial charge in [-0.1, -0.05) is 83.9 Å². The fraction of sp³-hybridized carbons (Fsp3) is 0.0698. The molecule has 9 aromatic rings. The van der Waals surface area contributed by atoms with Crippen molar-refractivity contribution in [2.24, 2.45) is 0 Å². The summed E-state index contributed by atoms with van der Waals surface area (Å²) in [7, 11) is 0. The third-order valence-electron chi connectivity index (χ3n) is 9.35. The van der Waals surface area contributed by atoms with Crippen molar-refractivity contribution in [2.75, 3.05) is 0 Å². The standard InChI is InChI=1S/C43H30N3OS2.Pt/c1-25-23-33-38(40(47)42-37(41(33)48-25)26(2)27(3)49-42)43-45-39-32(29-15-11-16-30(24-29)34-19-9-10-22-44-34)18-12-21-36(39)46(43)35-20-8-7-17-31(35)28-13-5-4-6-14-28;/h4-23,47H,1-3H3;/q-1;. The van der Waals surface area contributed by atoms with Crippen molar-refractivity contribution in [3.05, 3.63) is 143 Å². The van der Waals surface area contributed by atoms with E-state index in [0.717, 1.165) is 71.3 Å². The topological polar surface area (TPSA) is 50.9 Å². The summed E-state index contributed by atoms with van der Waals surface area (Å²) in [6.45, 7) is 6.44. The maximum atomic E-state index is 12.3. The van der Waals surface area contributed by atoms with Crippen molar-refractivity contribution in [3.8, 4) is 56.3 Å². The molecule has 1 N–H and O–H groups in total. The molecule has 0 amide bonds. The van der Waals surface area contributed by atoms with E-state index in [4.69, 9.17) is 4.98 Å². The van der Waals surface area contributed by atoms with Gasteiger partial charge in [-0.25, -0.2) is 4.98 Å². The number of para-hydroxylation sites is 2. The predicted octanol–water partition coefficient (Wildman–Crippen LogP) is 11.9. The fourth-order valence-corrected chi connectivity index (χ4v) is 9.29. The minimum atomic E-state index is 0. The number of phenolic OH excluding ortho intramolecular Hbond substituents is 1. The van der Waals surface area contributed by atoms with Crippen LogP contribution in [0.5, 0.6) is 5.75 Å². The zero-order chi connectivity index (χ0) is 33.2. The molecule has 246 valence electrons. The number of hydrogen-bond acceptors (Lipinski definition) is 5. The van der Waals surface area contributed by atoms with Crippen LogP contribution in [-0.4, -0.2) is 19.6 Å². The number of imidazole rings is 1. The first-order valence-corrected chi connectivity index (χ1v) is 17.9. The van der Waals surface area contributed by atoms with Crippen molar-refractivity contribution in [2.45, 2.75) is 20.8 Å². The number of aromatic hydroxyl groups is 1. The third kappa shape index (κ3) is 5.13. The number of aromatic nitrogens is 3. The van der Waals surface area contributed by atoms with E-state index in [1.807, 2.05) is 36.5 Å². The van der Waals surface area contributed by atoms with Crippen molar-refractivity contribution >= 4 is 53.9 Å². The number of fused-ring (bicyclic) bond motifs is 4. The first-order chi connectivity index (χ1) is 24.0. The molecule has 50 heavy (non-hydrogen) atoms. The monoisotopic (exact) mass is 863 g/mol. The van der Waals surface area contributed by atoms with Gasteiger partial charge < -0.3 is 5.11 Å². The molecular weight excluding hydrogens is 834 g/mol. The molecule has 7 heteroatoms. The molecule has 4 nitrogen and oxygen atoms in total. The van der Waals surface area contributed by atoms with E-state index in [9.17, 15) is 5.11 Å². The van der Waals surface area contributed by atoms with Gasteiger partial charge in [0.05, 0.1) is 27.0 Å². The predicted molar refractivity (Wildman–Crippen MR) is 206 cm³/mol. The Balaban J connectivity index is 0.00000361. The second-order valence-corrected chi connectivity index (χ2v) is 14.8. The average molecular weight is 864 g/mol. The van der Waals surface area contributed by atoms with Gasteiger partial charge in [-0.15, -0.1) is 52.5 Å². The molecule has 0 saturated carbocycles. The Hall–Kier alpha value is -4.87. The Morgan fingerprint density at radius 1 is 0.720 bits per heavy atom. The molecule has 9 rings (SSSR count). The van der Waals surface area contributed by atoms with E-state index in [1.54, 1.807) is 22.7 Å². The number of hydrogen-bond donors (Lipinski definition) is 1. The molecule has 0 atom stereocenters. The van der Waals surface area contributed by atoms with E-state index < -0.39 is 0 Å². The average Bonchev–Trinajstić information content (AvgIpc) is 3.81. The molecule has 0 unspecified atom stereocenters. The van der Waals surface area contributed by atoms with Gasteiger partial charge in [-0.3, -0.25) is 9.55 Å². The zero-order valence-corrected chi connectivity index (χ0v) is 31.4. The van der Waals surface area contributed by atoms with Gasteiger partial charge in [0, 0.05) is 63.7 Å². The summed E-state index contributed by atoms with van der Waals surface area (Å²) in [6.07, 6.45) is 1.81. The van der Waals surface area contributed by atoms with Gasteiger partial charge in [0.2, 0.25) is 0 Å². The van der Waals surface area contributed by atoms with E-state index in [1.165, 1.54) is 20.0 Å². The minimum absolute atomic E-state index is 0. The maximum Gasteiger partial charge on any atom is 0.149 e. The minimum Gasteiger partial charge on any atom is -0.506 e. The molecule has 0 saturated heterocycles. The van der Waals surface area contributed by atoms with Crippen LogP contribution in [0.2, 0.25) is 0 Å². The summed E-state index contributed by atoms with van der Waals surface area (Å²) >= 11 is 3.44. The van der Waals surface area contributed by atoms with Crippen LogP contribution in [0.15, 0.2) is 121 Å². The van der Waals surface area contributed by atoms with Crippen molar-refractivity contribution in [3.63, 3.8) is 0 Å². The van der Waals surface area contributed by atoms with Gasteiger partial charge in [-0.2, -0.15) is 0 Å². The number of rotatable bonds is 5. The van der Waals surface area contributed by atoms with Gasteiger partial charge in [0.1, 0.15) is 11.6 Å². The third-order valence-corrected chi connectivity index (χ3v) is 11.6. The molecule has 0 fully saturated rings. The number of nitrogens with zero attached hydrogens (tertiary/aromatic N) is 3. The quantitative estimate of drug-likeness (QED) is 0.175. The number of benzene rings is 5. The van der Waals surface area contributed by atoms with Gasteiger partial charge in [0.25, 0.3) is 0 Å². The van der Waals surface area contributed by atoms with E-state index in [2.05, 4.69) is 121 Å². The first-order valence-electron chi connectivity index (χ1n) is 16.2. The number of aryl methyl sites for hydroxylation is 3. The largest absolute Gasteiger partial charge is 0.506 e. The summed E-state index contributed by atoms with van der Waals surface area (Å²) < 4.78 is 4.34. The van der Waals surface area contributed by atoms with Crippen LogP contribution in [0.3, 0.4) is 0 Å². The fourth-order valence-electron chi connectivity index (χ4n) is 6.98. The molecule has 5 aromatic carbocycles. The van der Waals surface area contributed by atoms with E-state index >= 15 is 0 Å². The molecule has 0 spiro atoms. The summed E-state index contributed by atoms with van der Waals surface area (Å²) in [5, 5.41) is 14.5. The molecule has 4 aromatic heterocycles. The Bertz CT molecular complexity index is 2710. The van der Waals surface area contributed by atoms with Crippen molar-refractivity contribution < 1.29 is 26.2 Å². The van der Waals surface area contributed by atoms with E-state index in [-0.39, 0.29) is 26.8 Å². The van der Waals surface area contributed by atoms with Crippen LogP contribution in [0.25, 0.3) is 81.8 Å². The van der Waals surface area contributed by atoms with Crippen molar-refractivity contribution in [1.29, 1.82) is 0 Å². The summed E-state index contributed by atoms with van der Waals surface area (Å²) in [5.74, 6) is 0.984. The molecule has 0 aliphatic carbocycles. The van der Waals surface area contributed by atoms with Crippen LogP contribution in [0.4, 0.5) is 0 Å². The van der Waals surface area contributed by atoms with Gasteiger partial charge >= 0.3 is 0 Å². The van der Waals surface area contributed by atoms with E-state index in [0.29, 0.717) is 5.82 Å². The van der Waals surface area contributed by atoms with Crippen LogP contribution in [0.1, 0.15) is 15.3 Å². The molecular formula is C43H30N3OPtS2-. The molecule has 0 radical (unpaired) electrons. The number of pyridine rings is 1. The van der Waals surface area contributed by atoms with Gasteiger partial charge in [-0.05, 0) is 56.2 Å². The van der Waals surface area contributed by atoms with Crippen LogP contribution in [0, 0.1) is 26.8 Å². The number of thiophene rings is 2. The second-order valence-electron chi connectivity index (χ2n) is 12.3. The number of phenols is 1. The SMILES string of the molecule is Cc1cc2c(-c3nc4c(-c5[c-]c(-c6ccccn6)ccc5)cccc4n3-c3ccccc3-c3ccccc3)c(O)c3sc(C)c(C)c3c2s1.[Pt]. The maximum absolute atomic E-state index is 12.3. The molecule has 4 heterocycles. The first kappa shape index (κ1) is 32.3.